The molecule has 0 saturated carbocycles. The van der Waals surface area contributed by atoms with Gasteiger partial charge >= 0.3 is 0 Å². The van der Waals surface area contributed by atoms with Gasteiger partial charge in [-0.3, -0.25) is 9.59 Å². The number of aryl methyl sites for hydroxylation is 2. The fourth-order valence-corrected chi connectivity index (χ4v) is 4.86. The molecule has 138 valence electrons. The van der Waals surface area contributed by atoms with Crippen LogP contribution in [0.1, 0.15) is 45.3 Å². The molecule has 0 saturated heterocycles. The number of carbonyl (C=O) groups is 2. The minimum Gasteiger partial charge on any atom is -0.484 e. The van der Waals surface area contributed by atoms with Crippen LogP contribution in [0.3, 0.4) is 0 Å². The summed E-state index contributed by atoms with van der Waals surface area (Å²) in [6.07, 6.45) is 2.79. The Hall–Kier alpha value is -2.34. The fourth-order valence-electron chi connectivity index (χ4n) is 3.43. The summed E-state index contributed by atoms with van der Waals surface area (Å²) >= 11 is 1.46. The second-order valence-corrected chi connectivity index (χ2v) is 8.19. The smallest absolute Gasteiger partial charge is 0.262 e. The number of carbonyl (C=O) groups excluding carboxylic acids is 2. The minimum absolute atomic E-state index is 0.111. The Kier molecular flexibility index (Phi) is 5.32. The molecule has 1 atom stereocenters. The van der Waals surface area contributed by atoms with Crippen LogP contribution in [0.25, 0.3) is 0 Å². The number of nitrogens with two attached hydrogens (primary N) is 1. The highest BCUT2D eigenvalue weighted by atomic mass is 32.1. The monoisotopic (exact) mass is 372 g/mol. The van der Waals surface area contributed by atoms with Crippen molar-refractivity contribution >= 4 is 28.2 Å². The van der Waals surface area contributed by atoms with Crippen molar-refractivity contribution in [2.24, 2.45) is 11.7 Å². The summed E-state index contributed by atoms with van der Waals surface area (Å²) in [5.74, 6) is 0.464. The molecule has 2 aromatic rings. The number of fused-ring (bicyclic) bond motifs is 1. The van der Waals surface area contributed by atoms with E-state index >= 15 is 0 Å². The summed E-state index contributed by atoms with van der Waals surface area (Å²) in [4.78, 5) is 25.4. The van der Waals surface area contributed by atoms with Crippen molar-refractivity contribution in [2.75, 3.05) is 11.9 Å². The molecule has 1 aliphatic carbocycles. The maximum atomic E-state index is 12.3. The highest BCUT2D eigenvalue weighted by Gasteiger charge is 2.27. The first-order chi connectivity index (χ1) is 12.3. The van der Waals surface area contributed by atoms with E-state index in [9.17, 15) is 9.59 Å². The molecule has 2 amide bonds. The number of thiophene rings is 1. The predicted octanol–water partition coefficient (Wildman–Crippen LogP) is 3.61. The van der Waals surface area contributed by atoms with Crippen molar-refractivity contribution in [1.82, 2.24) is 0 Å². The summed E-state index contributed by atoms with van der Waals surface area (Å²) in [6, 6.07) is 5.82. The number of rotatable bonds is 5. The second-order valence-electron chi connectivity index (χ2n) is 7.08. The van der Waals surface area contributed by atoms with Gasteiger partial charge in [-0.25, -0.2) is 0 Å². The van der Waals surface area contributed by atoms with E-state index in [0.29, 0.717) is 22.2 Å². The molecule has 0 aliphatic heterocycles. The molecule has 1 aromatic carbocycles. The SMILES string of the molecule is Cc1cc(C)cc(OCC(=O)Nc2sc3c(c2C(N)=O)CC[C@H](C)C3)c1. The van der Waals surface area contributed by atoms with Crippen LogP contribution in [0, 0.1) is 19.8 Å². The zero-order valence-corrected chi connectivity index (χ0v) is 16.2. The Labute approximate surface area is 157 Å². The van der Waals surface area contributed by atoms with Gasteiger partial charge in [0.15, 0.2) is 6.61 Å². The molecule has 1 aliphatic rings. The van der Waals surface area contributed by atoms with Gasteiger partial charge in [-0.2, -0.15) is 0 Å². The van der Waals surface area contributed by atoms with E-state index in [1.807, 2.05) is 32.0 Å². The van der Waals surface area contributed by atoms with E-state index in [2.05, 4.69) is 12.2 Å². The zero-order valence-electron chi connectivity index (χ0n) is 15.3. The normalized spacial score (nSPS) is 16.0. The average molecular weight is 372 g/mol. The number of ether oxygens (including phenoxy) is 1. The maximum absolute atomic E-state index is 12.3. The predicted molar refractivity (Wildman–Crippen MR) is 104 cm³/mol. The first kappa shape index (κ1) is 18.5. The van der Waals surface area contributed by atoms with Crippen molar-refractivity contribution in [1.29, 1.82) is 0 Å². The van der Waals surface area contributed by atoms with Crippen LogP contribution < -0.4 is 15.8 Å². The largest absolute Gasteiger partial charge is 0.484 e. The van der Waals surface area contributed by atoms with Crippen molar-refractivity contribution in [3.63, 3.8) is 0 Å². The topological polar surface area (TPSA) is 81.4 Å². The van der Waals surface area contributed by atoms with Crippen molar-refractivity contribution in [3.8, 4) is 5.75 Å². The number of hydrogen-bond donors (Lipinski definition) is 2. The van der Waals surface area contributed by atoms with Gasteiger partial charge in [0.05, 0.1) is 5.56 Å². The van der Waals surface area contributed by atoms with Gasteiger partial charge in [-0.05, 0) is 67.9 Å². The summed E-state index contributed by atoms with van der Waals surface area (Å²) in [5, 5.41) is 3.36. The summed E-state index contributed by atoms with van der Waals surface area (Å²) in [7, 11) is 0. The minimum atomic E-state index is -0.484. The first-order valence-electron chi connectivity index (χ1n) is 8.78. The molecule has 0 unspecified atom stereocenters. The third-order valence-electron chi connectivity index (χ3n) is 4.58. The number of nitrogens with one attached hydrogen (secondary N) is 1. The molecule has 3 N–H and O–H groups in total. The molecule has 26 heavy (non-hydrogen) atoms. The van der Waals surface area contributed by atoms with Crippen LogP contribution in [-0.2, 0) is 17.6 Å². The molecular weight excluding hydrogens is 348 g/mol. The van der Waals surface area contributed by atoms with E-state index in [0.717, 1.165) is 40.8 Å². The summed E-state index contributed by atoms with van der Waals surface area (Å²) in [5.41, 5.74) is 9.21. The van der Waals surface area contributed by atoms with Crippen LogP contribution in [0.2, 0.25) is 0 Å². The molecule has 5 nitrogen and oxygen atoms in total. The number of benzene rings is 1. The molecule has 0 fully saturated rings. The van der Waals surface area contributed by atoms with Gasteiger partial charge in [-0.15, -0.1) is 11.3 Å². The van der Waals surface area contributed by atoms with Crippen molar-refractivity contribution in [2.45, 2.75) is 40.0 Å². The third-order valence-corrected chi connectivity index (χ3v) is 5.75. The van der Waals surface area contributed by atoms with Gasteiger partial charge in [0.1, 0.15) is 10.8 Å². The number of primary amides is 1. The van der Waals surface area contributed by atoms with Crippen LogP contribution >= 0.6 is 11.3 Å². The van der Waals surface area contributed by atoms with Crippen molar-refractivity contribution in [3.05, 3.63) is 45.3 Å². The lowest BCUT2D eigenvalue weighted by atomic mass is 9.88. The molecule has 6 heteroatoms. The van der Waals surface area contributed by atoms with E-state index < -0.39 is 5.91 Å². The van der Waals surface area contributed by atoms with E-state index in [1.54, 1.807) is 0 Å². The van der Waals surface area contributed by atoms with E-state index in [1.165, 1.54) is 11.3 Å². The molecule has 0 radical (unpaired) electrons. The van der Waals surface area contributed by atoms with Crippen LogP contribution in [-0.4, -0.2) is 18.4 Å². The van der Waals surface area contributed by atoms with Crippen LogP contribution in [0.4, 0.5) is 5.00 Å². The van der Waals surface area contributed by atoms with Crippen LogP contribution in [0.15, 0.2) is 18.2 Å². The fraction of sp³-hybridized carbons (Fsp3) is 0.400. The molecule has 3 rings (SSSR count). The van der Waals surface area contributed by atoms with E-state index in [-0.39, 0.29) is 12.5 Å². The van der Waals surface area contributed by atoms with Gasteiger partial charge in [0.25, 0.3) is 11.8 Å². The number of anilines is 1. The molecule has 0 spiro atoms. The Morgan fingerprint density at radius 3 is 2.62 bits per heavy atom. The zero-order chi connectivity index (χ0) is 18.8. The molecule has 1 heterocycles. The highest BCUT2D eigenvalue weighted by molar-refractivity contribution is 7.17. The number of amides is 2. The number of hydrogen-bond acceptors (Lipinski definition) is 4. The van der Waals surface area contributed by atoms with E-state index in [4.69, 9.17) is 10.5 Å². The molecular formula is C20H24N2O3S. The van der Waals surface area contributed by atoms with Crippen molar-refractivity contribution < 1.29 is 14.3 Å². The first-order valence-corrected chi connectivity index (χ1v) is 9.60. The lowest BCUT2D eigenvalue weighted by molar-refractivity contribution is -0.118. The van der Waals surface area contributed by atoms with Gasteiger partial charge in [0.2, 0.25) is 0 Å². The van der Waals surface area contributed by atoms with Gasteiger partial charge < -0.3 is 15.8 Å². The Morgan fingerprint density at radius 2 is 1.96 bits per heavy atom. The van der Waals surface area contributed by atoms with Gasteiger partial charge in [0, 0.05) is 4.88 Å². The Morgan fingerprint density at radius 1 is 1.27 bits per heavy atom. The Balaban J connectivity index is 1.72. The van der Waals surface area contributed by atoms with Gasteiger partial charge in [-0.1, -0.05) is 13.0 Å². The molecule has 0 bridgehead atoms. The average Bonchev–Trinajstić information content (AvgIpc) is 2.89. The van der Waals surface area contributed by atoms with Crippen LogP contribution in [0.5, 0.6) is 5.75 Å². The lowest BCUT2D eigenvalue weighted by Crippen LogP contribution is -2.22. The Bertz CT molecular complexity index is 837. The maximum Gasteiger partial charge on any atom is 0.262 e. The third kappa shape index (κ3) is 4.07. The second kappa shape index (κ2) is 7.50. The summed E-state index contributed by atoms with van der Waals surface area (Å²) in [6.45, 7) is 6.05. The quantitative estimate of drug-likeness (QED) is 0.841. The lowest BCUT2D eigenvalue weighted by Gasteiger charge is -2.18. The standard InChI is InChI=1S/C20H24N2O3S/c1-11-4-5-15-16(9-11)26-20(18(15)19(21)24)22-17(23)10-25-14-7-12(2)6-13(3)8-14/h6-8,11H,4-5,9-10H2,1-3H3,(H2,21,24)(H,22,23)/t11-/m0/s1. The molecule has 1 aromatic heterocycles. The summed E-state index contributed by atoms with van der Waals surface area (Å²) < 4.78 is 5.60. The highest BCUT2D eigenvalue weighted by Crippen LogP contribution is 2.39.